The highest BCUT2D eigenvalue weighted by Gasteiger charge is 2.33. The fourth-order valence-electron chi connectivity index (χ4n) is 4.03. The summed E-state index contributed by atoms with van der Waals surface area (Å²) in [7, 11) is 3.34. The van der Waals surface area contributed by atoms with Crippen LogP contribution in [0.2, 0.25) is 0 Å². The van der Waals surface area contributed by atoms with E-state index in [4.69, 9.17) is 9.47 Å². The Morgan fingerprint density at radius 3 is 2.42 bits per heavy atom. The fourth-order valence-corrected chi connectivity index (χ4v) is 4.03. The van der Waals surface area contributed by atoms with Crippen LogP contribution in [0.1, 0.15) is 50.8 Å². The van der Waals surface area contributed by atoms with E-state index in [-0.39, 0.29) is 17.2 Å². The van der Waals surface area contributed by atoms with E-state index in [0.29, 0.717) is 6.42 Å². The van der Waals surface area contributed by atoms with Crippen molar-refractivity contribution in [3.05, 3.63) is 35.0 Å². The molecule has 0 spiro atoms. The molecule has 1 aromatic rings. The highest BCUT2D eigenvalue weighted by atomic mass is 16.5. The standard InChI is InChI=1S/C20H27NO3/c1-13-17-10-19(24-5)18(23-4)8-14(17)6-7-21(13)15-9-16(22)12-20(2,3)11-15/h8-10,13H,6-7,11-12H2,1-5H3. The van der Waals surface area contributed by atoms with Gasteiger partial charge in [0.05, 0.1) is 20.3 Å². The Morgan fingerprint density at radius 1 is 1.12 bits per heavy atom. The summed E-state index contributed by atoms with van der Waals surface area (Å²) >= 11 is 0. The van der Waals surface area contributed by atoms with Crippen LogP contribution in [0.15, 0.2) is 23.9 Å². The SMILES string of the molecule is COc1cc2c(cc1OC)C(C)N(C1=CC(=O)CC(C)(C)C1)CC2. The number of ether oxygens (including phenoxy) is 2. The van der Waals surface area contributed by atoms with E-state index in [0.717, 1.165) is 30.9 Å². The van der Waals surface area contributed by atoms with Crippen LogP contribution in [0.5, 0.6) is 11.5 Å². The summed E-state index contributed by atoms with van der Waals surface area (Å²) in [5.41, 5.74) is 3.77. The number of methoxy groups -OCH3 is 2. The molecule has 0 radical (unpaired) electrons. The van der Waals surface area contributed by atoms with Crippen molar-refractivity contribution >= 4 is 5.78 Å². The summed E-state index contributed by atoms with van der Waals surface area (Å²) in [5.74, 6) is 1.79. The fraction of sp³-hybridized carbons (Fsp3) is 0.550. The number of ketones is 1. The predicted octanol–water partition coefficient (Wildman–Crippen LogP) is 3.90. The van der Waals surface area contributed by atoms with Crippen molar-refractivity contribution in [1.29, 1.82) is 0 Å². The minimum atomic E-state index is 0.0404. The van der Waals surface area contributed by atoms with Crippen molar-refractivity contribution in [3.63, 3.8) is 0 Å². The number of carbonyl (C=O) groups is 1. The first kappa shape index (κ1) is 16.9. The van der Waals surface area contributed by atoms with Crippen LogP contribution in [0.4, 0.5) is 0 Å². The number of hydrogen-bond acceptors (Lipinski definition) is 4. The summed E-state index contributed by atoms with van der Waals surface area (Å²) < 4.78 is 10.9. The van der Waals surface area contributed by atoms with Gasteiger partial charge in [0.25, 0.3) is 0 Å². The molecular formula is C20H27NO3. The Balaban J connectivity index is 1.95. The molecule has 1 aromatic carbocycles. The number of carbonyl (C=O) groups excluding carboxylic acids is 1. The molecule has 1 unspecified atom stereocenters. The lowest BCUT2D eigenvalue weighted by Gasteiger charge is -2.42. The van der Waals surface area contributed by atoms with Gasteiger partial charge in [-0.3, -0.25) is 4.79 Å². The van der Waals surface area contributed by atoms with Crippen molar-refractivity contribution in [1.82, 2.24) is 4.90 Å². The van der Waals surface area contributed by atoms with E-state index in [1.807, 2.05) is 6.08 Å². The average Bonchev–Trinajstić information content (AvgIpc) is 2.52. The maximum absolute atomic E-state index is 12.1. The van der Waals surface area contributed by atoms with E-state index >= 15 is 0 Å². The molecule has 0 saturated carbocycles. The minimum absolute atomic E-state index is 0.0404. The van der Waals surface area contributed by atoms with Crippen LogP contribution < -0.4 is 9.47 Å². The maximum Gasteiger partial charge on any atom is 0.161 e. The van der Waals surface area contributed by atoms with Crippen LogP contribution in [0.25, 0.3) is 0 Å². The molecule has 0 saturated heterocycles. The summed E-state index contributed by atoms with van der Waals surface area (Å²) in [4.78, 5) is 14.5. The minimum Gasteiger partial charge on any atom is -0.493 e. The molecule has 2 aliphatic rings. The molecule has 0 fully saturated rings. The summed E-state index contributed by atoms with van der Waals surface area (Å²) in [6.07, 6.45) is 4.39. The van der Waals surface area contributed by atoms with Crippen molar-refractivity contribution in [2.75, 3.05) is 20.8 Å². The number of fused-ring (bicyclic) bond motifs is 1. The summed E-state index contributed by atoms with van der Waals surface area (Å²) in [5, 5.41) is 0. The van der Waals surface area contributed by atoms with Gasteiger partial charge < -0.3 is 14.4 Å². The summed E-state index contributed by atoms with van der Waals surface area (Å²) in [6, 6.07) is 4.40. The lowest BCUT2D eigenvalue weighted by Crippen LogP contribution is -2.37. The number of hydrogen-bond donors (Lipinski definition) is 0. The molecule has 1 atom stereocenters. The zero-order valence-corrected chi connectivity index (χ0v) is 15.3. The van der Waals surface area contributed by atoms with Gasteiger partial charge in [0.1, 0.15) is 0 Å². The first-order valence-corrected chi connectivity index (χ1v) is 8.59. The average molecular weight is 329 g/mol. The molecule has 0 N–H and O–H groups in total. The number of allylic oxidation sites excluding steroid dienone is 2. The van der Waals surface area contributed by atoms with E-state index in [1.165, 1.54) is 16.8 Å². The van der Waals surface area contributed by atoms with Gasteiger partial charge in [0, 0.05) is 24.7 Å². The molecular weight excluding hydrogens is 302 g/mol. The smallest absolute Gasteiger partial charge is 0.161 e. The third kappa shape index (κ3) is 3.02. The normalized spacial score (nSPS) is 22.7. The second-order valence-corrected chi connectivity index (χ2v) is 7.65. The predicted molar refractivity (Wildman–Crippen MR) is 94.5 cm³/mol. The van der Waals surface area contributed by atoms with Gasteiger partial charge in [-0.15, -0.1) is 0 Å². The van der Waals surface area contributed by atoms with Crippen molar-refractivity contribution in [2.24, 2.45) is 5.41 Å². The third-order valence-electron chi connectivity index (χ3n) is 5.19. The monoisotopic (exact) mass is 329 g/mol. The molecule has 24 heavy (non-hydrogen) atoms. The quantitative estimate of drug-likeness (QED) is 0.843. The van der Waals surface area contributed by atoms with Gasteiger partial charge in [-0.25, -0.2) is 0 Å². The van der Waals surface area contributed by atoms with E-state index in [1.54, 1.807) is 14.2 Å². The first-order chi connectivity index (χ1) is 11.3. The van der Waals surface area contributed by atoms with Crippen LogP contribution in [0, 0.1) is 5.41 Å². The number of rotatable bonds is 3. The van der Waals surface area contributed by atoms with Gasteiger partial charge in [-0.2, -0.15) is 0 Å². The van der Waals surface area contributed by atoms with Crippen molar-refractivity contribution < 1.29 is 14.3 Å². The Morgan fingerprint density at radius 2 is 1.79 bits per heavy atom. The third-order valence-corrected chi connectivity index (χ3v) is 5.19. The molecule has 1 heterocycles. The van der Waals surface area contributed by atoms with Crippen molar-refractivity contribution in [2.45, 2.75) is 46.1 Å². The number of nitrogens with zero attached hydrogens (tertiary/aromatic N) is 1. The Bertz CT molecular complexity index is 690. The number of benzene rings is 1. The first-order valence-electron chi connectivity index (χ1n) is 8.59. The molecule has 0 bridgehead atoms. The summed E-state index contributed by atoms with van der Waals surface area (Å²) in [6.45, 7) is 7.48. The highest BCUT2D eigenvalue weighted by Crippen LogP contribution is 2.42. The highest BCUT2D eigenvalue weighted by molar-refractivity contribution is 5.91. The molecule has 3 rings (SSSR count). The van der Waals surface area contributed by atoms with Crippen molar-refractivity contribution in [3.8, 4) is 11.5 Å². The molecule has 130 valence electrons. The van der Waals surface area contributed by atoms with Crippen LogP contribution in [-0.4, -0.2) is 31.4 Å². The second kappa shape index (κ2) is 6.15. The van der Waals surface area contributed by atoms with Gasteiger partial charge in [-0.1, -0.05) is 13.8 Å². The van der Waals surface area contributed by atoms with E-state index in [2.05, 4.69) is 37.8 Å². The second-order valence-electron chi connectivity index (χ2n) is 7.65. The van der Waals surface area contributed by atoms with Gasteiger partial charge in [0.2, 0.25) is 0 Å². The lowest BCUT2D eigenvalue weighted by atomic mass is 9.78. The molecule has 1 aliphatic carbocycles. The molecule has 4 nitrogen and oxygen atoms in total. The van der Waals surface area contributed by atoms with Gasteiger partial charge in [-0.05, 0) is 48.4 Å². The zero-order chi connectivity index (χ0) is 17.5. The van der Waals surface area contributed by atoms with E-state index < -0.39 is 0 Å². The Hall–Kier alpha value is -1.97. The molecule has 1 aliphatic heterocycles. The van der Waals surface area contributed by atoms with Crippen LogP contribution >= 0.6 is 0 Å². The topological polar surface area (TPSA) is 38.8 Å². The molecule has 0 amide bonds. The molecule has 0 aromatic heterocycles. The Kier molecular flexibility index (Phi) is 4.33. The largest absolute Gasteiger partial charge is 0.493 e. The van der Waals surface area contributed by atoms with Gasteiger partial charge in [0.15, 0.2) is 17.3 Å². The van der Waals surface area contributed by atoms with Gasteiger partial charge >= 0.3 is 0 Å². The van der Waals surface area contributed by atoms with Crippen LogP contribution in [0.3, 0.4) is 0 Å². The Labute approximate surface area is 144 Å². The van der Waals surface area contributed by atoms with Crippen LogP contribution in [-0.2, 0) is 11.2 Å². The zero-order valence-electron chi connectivity index (χ0n) is 15.3. The maximum atomic E-state index is 12.1. The lowest BCUT2D eigenvalue weighted by molar-refractivity contribution is -0.117. The van der Waals surface area contributed by atoms with E-state index in [9.17, 15) is 4.79 Å². The molecule has 4 heteroatoms.